The summed E-state index contributed by atoms with van der Waals surface area (Å²) in [6, 6.07) is 0. The minimum absolute atomic E-state index is 0.0905. The molecule has 90 valence electrons. The second-order valence-electron chi connectivity index (χ2n) is 3.19. The Morgan fingerprint density at radius 2 is 1.80 bits per heavy atom. The third-order valence-corrected chi connectivity index (χ3v) is 5.75. The standard InChI is InChI=1S/C6H14N2O4S3/c1-8(4-3-6(7)13)15(11,12)5-14(2,9)10/h3-5H2,1-2H3,(H2,7,13). The van der Waals surface area contributed by atoms with Crippen LogP contribution in [-0.2, 0) is 19.9 Å². The summed E-state index contributed by atoms with van der Waals surface area (Å²) in [5, 5.41) is -0.895. The molecule has 0 unspecified atom stereocenters. The predicted molar refractivity (Wildman–Crippen MR) is 62.7 cm³/mol. The number of hydrogen-bond acceptors (Lipinski definition) is 5. The molecule has 0 radical (unpaired) electrons. The highest BCUT2D eigenvalue weighted by atomic mass is 32.3. The molecule has 0 atom stereocenters. The zero-order valence-corrected chi connectivity index (χ0v) is 11.0. The molecule has 0 aromatic rings. The molecule has 6 nitrogen and oxygen atoms in total. The van der Waals surface area contributed by atoms with E-state index < -0.39 is 24.9 Å². The van der Waals surface area contributed by atoms with Crippen molar-refractivity contribution in [2.45, 2.75) is 6.42 Å². The molecule has 2 N–H and O–H groups in total. The van der Waals surface area contributed by atoms with Crippen LogP contribution in [0.1, 0.15) is 6.42 Å². The Morgan fingerprint density at radius 1 is 1.33 bits per heavy atom. The van der Waals surface area contributed by atoms with Gasteiger partial charge in [0, 0.05) is 26.3 Å². The molecule has 0 heterocycles. The summed E-state index contributed by atoms with van der Waals surface area (Å²) in [5.41, 5.74) is 5.20. The first-order valence-electron chi connectivity index (χ1n) is 3.94. The van der Waals surface area contributed by atoms with Gasteiger partial charge in [-0.3, -0.25) is 0 Å². The summed E-state index contributed by atoms with van der Waals surface area (Å²) < 4.78 is 45.4. The Labute approximate surface area is 95.4 Å². The third kappa shape index (κ3) is 6.77. The fraction of sp³-hybridized carbons (Fsp3) is 0.833. The van der Waals surface area contributed by atoms with Crippen molar-refractivity contribution >= 4 is 37.1 Å². The lowest BCUT2D eigenvalue weighted by Crippen LogP contribution is -2.34. The van der Waals surface area contributed by atoms with Crippen LogP contribution in [-0.4, -0.2) is 51.1 Å². The zero-order chi connectivity index (χ0) is 12.3. The van der Waals surface area contributed by atoms with Crippen molar-refractivity contribution < 1.29 is 16.8 Å². The Hall–Kier alpha value is -0.250. The number of sulfone groups is 1. The third-order valence-electron chi connectivity index (χ3n) is 1.51. The quantitative estimate of drug-likeness (QED) is 0.619. The van der Waals surface area contributed by atoms with Crippen molar-refractivity contribution in [1.82, 2.24) is 4.31 Å². The van der Waals surface area contributed by atoms with Crippen molar-refractivity contribution in [3.05, 3.63) is 0 Å². The summed E-state index contributed by atoms with van der Waals surface area (Å²) in [7, 11) is -6.05. The van der Waals surface area contributed by atoms with E-state index in [0.717, 1.165) is 10.6 Å². The normalized spacial score (nSPS) is 13.0. The van der Waals surface area contributed by atoms with Gasteiger partial charge in [0.15, 0.2) is 14.9 Å². The van der Waals surface area contributed by atoms with Gasteiger partial charge in [0.05, 0.1) is 4.99 Å². The summed E-state index contributed by atoms with van der Waals surface area (Å²) in [5.74, 6) is 0. The van der Waals surface area contributed by atoms with Gasteiger partial charge in [0.2, 0.25) is 10.0 Å². The van der Waals surface area contributed by atoms with E-state index in [0.29, 0.717) is 0 Å². The van der Waals surface area contributed by atoms with Gasteiger partial charge < -0.3 is 5.73 Å². The van der Waals surface area contributed by atoms with Crippen LogP contribution in [0.4, 0.5) is 0 Å². The molecule has 9 heteroatoms. The van der Waals surface area contributed by atoms with E-state index in [9.17, 15) is 16.8 Å². The van der Waals surface area contributed by atoms with Crippen LogP contribution in [0, 0.1) is 0 Å². The van der Waals surface area contributed by atoms with Gasteiger partial charge in [-0.25, -0.2) is 21.1 Å². The molecule has 0 saturated carbocycles. The Morgan fingerprint density at radius 3 is 2.13 bits per heavy atom. The molecule has 0 rings (SSSR count). The number of rotatable bonds is 6. The molecule has 0 bridgehead atoms. The molecule has 0 aromatic carbocycles. The van der Waals surface area contributed by atoms with Crippen molar-refractivity contribution in [1.29, 1.82) is 0 Å². The van der Waals surface area contributed by atoms with Crippen molar-refractivity contribution in [3.63, 3.8) is 0 Å². The lowest BCUT2D eigenvalue weighted by molar-refractivity contribution is 0.482. The molecule has 15 heavy (non-hydrogen) atoms. The van der Waals surface area contributed by atoms with E-state index >= 15 is 0 Å². The first-order chi connectivity index (χ1) is 6.54. The SMILES string of the molecule is CN(CCC(N)=S)S(=O)(=O)CS(C)(=O)=O. The number of nitrogens with two attached hydrogens (primary N) is 1. The lowest BCUT2D eigenvalue weighted by atomic mass is 10.4. The largest absolute Gasteiger partial charge is 0.393 e. The van der Waals surface area contributed by atoms with Crippen molar-refractivity contribution in [2.24, 2.45) is 5.73 Å². The van der Waals surface area contributed by atoms with Crippen LogP contribution in [0.2, 0.25) is 0 Å². The molecule has 0 amide bonds. The number of nitrogens with zero attached hydrogens (tertiary/aromatic N) is 1. The monoisotopic (exact) mass is 274 g/mol. The van der Waals surface area contributed by atoms with Gasteiger partial charge in [-0.2, -0.15) is 0 Å². The Kier molecular flexibility index (Phi) is 5.10. The molecule has 0 aliphatic rings. The minimum atomic E-state index is -3.78. The summed E-state index contributed by atoms with van der Waals surface area (Å²) >= 11 is 4.58. The van der Waals surface area contributed by atoms with Gasteiger partial charge >= 0.3 is 0 Å². The highest BCUT2D eigenvalue weighted by Crippen LogP contribution is 2.02. The van der Waals surface area contributed by atoms with Gasteiger partial charge in [-0.15, -0.1) is 0 Å². The summed E-state index contributed by atoms with van der Waals surface area (Å²) in [4.78, 5) is 0.191. The zero-order valence-electron chi connectivity index (χ0n) is 8.50. The van der Waals surface area contributed by atoms with E-state index in [4.69, 9.17) is 5.73 Å². The summed E-state index contributed by atoms with van der Waals surface area (Å²) in [6.07, 6.45) is 1.10. The topological polar surface area (TPSA) is 97.5 Å². The van der Waals surface area contributed by atoms with Crippen LogP contribution in [0.3, 0.4) is 0 Å². The van der Waals surface area contributed by atoms with Crippen LogP contribution in [0.15, 0.2) is 0 Å². The van der Waals surface area contributed by atoms with E-state index in [-0.39, 0.29) is 18.0 Å². The van der Waals surface area contributed by atoms with Crippen LogP contribution in [0.5, 0.6) is 0 Å². The molecular formula is C6H14N2O4S3. The first kappa shape index (κ1) is 14.8. The number of thiocarbonyl (C=S) groups is 1. The fourth-order valence-corrected chi connectivity index (χ4v) is 4.11. The first-order valence-corrected chi connectivity index (χ1v) is 8.02. The van der Waals surface area contributed by atoms with E-state index in [1.165, 1.54) is 7.05 Å². The van der Waals surface area contributed by atoms with Crippen molar-refractivity contribution in [3.8, 4) is 0 Å². The molecule has 0 spiro atoms. The van der Waals surface area contributed by atoms with E-state index in [1.54, 1.807) is 0 Å². The highest BCUT2D eigenvalue weighted by molar-refractivity contribution is 8.06. The van der Waals surface area contributed by atoms with E-state index in [1.807, 2.05) is 0 Å². The molecule has 0 aliphatic heterocycles. The number of hydrogen-bond donors (Lipinski definition) is 1. The molecule has 0 fully saturated rings. The Bertz CT molecular complexity index is 425. The van der Waals surface area contributed by atoms with Crippen LogP contribution < -0.4 is 5.73 Å². The smallest absolute Gasteiger partial charge is 0.228 e. The van der Waals surface area contributed by atoms with E-state index in [2.05, 4.69) is 12.2 Å². The van der Waals surface area contributed by atoms with Gasteiger partial charge in [0.1, 0.15) is 0 Å². The maximum atomic E-state index is 11.4. The van der Waals surface area contributed by atoms with Crippen molar-refractivity contribution in [2.75, 3.05) is 24.9 Å². The van der Waals surface area contributed by atoms with Crippen LogP contribution >= 0.6 is 12.2 Å². The molecule has 0 saturated heterocycles. The number of sulfonamides is 1. The molecule has 0 aliphatic carbocycles. The maximum absolute atomic E-state index is 11.4. The summed E-state index contributed by atoms with van der Waals surface area (Å²) in [6.45, 7) is 0.0905. The average Bonchev–Trinajstić information content (AvgIpc) is 1.94. The fourth-order valence-electron chi connectivity index (χ4n) is 0.767. The Balaban J connectivity index is 4.54. The lowest BCUT2D eigenvalue weighted by Gasteiger charge is -2.15. The highest BCUT2D eigenvalue weighted by Gasteiger charge is 2.23. The second kappa shape index (κ2) is 5.19. The van der Waals surface area contributed by atoms with Gasteiger partial charge in [0.25, 0.3) is 0 Å². The predicted octanol–water partition coefficient (Wildman–Crippen LogP) is -1.07. The second-order valence-corrected chi connectivity index (χ2v) is 8.30. The molecule has 0 aromatic heterocycles. The van der Waals surface area contributed by atoms with Gasteiger partial charge in [-0.05, 0) is 0 Å². The maximum Gasteiger partial charge on any atom is 0.228 e. The average molecular weight is 274 g/mol. The van der Waals surface area contributed by atoms with Gasteiger partial charge in [-0.1, -0.05) is 12.2 Å². The van der Waals surface area contributed by atoms with Crippen LogP contribution in [0.25, 0.3) is 0 Å². The molecular weight excluding hydrogens is 260 g/mol. The minimum Gasteiger partial charge on any atom is -0.393 e.